The van der Waals surface area contributed by atoms with Crippen molar-refractivity contribution in [3.63, 3.8) is 0 Å². The summed E-state index contributed by atoms with van der Waals surface area (Å²) in [5.41, 5.74) is 1.28. The number of rotatable bonds is 5. The minimum absolute atomic E-state index is 0.0293. The average Bonchev–Trinajstić information content (AvgIpc) is 2.67. The standard InChI is InChI=1S/C20H15ClN2O2S/c21-19-12-6-4-9-17(19)15-23(18-10-2-1-3-11-18)26(24,25)20-13-7-5-8-16(20)14-22/h1-13H,15H2. The third-order valence-electron chi connectivity index (χ3n) is 3.89. The number of sulfonamides is 1. The first-order chi connectivity index (χ1) is 12.5. The van der Waals surface area contributed by atoms with E-state index in [1.165, 1.54) is 16.4 Å². The molecule has 0 bridgehead atoms. The van der Waals surface area contributed by atoms with E-state index < -0.39 is 10.0 Å². The SMILES string of the molecule is N#Cc1ccccc1S(=O)(=O)N(Cc1ccccc1Cl)c1ccccc1. The lowest BCUT2D eigenvalue weighted by molar-refractivity contribution is 0.590. The van der Waals surface area contributed by atoms with Gasteiger partial charge in [-0.05, 0) is 35.9 Å². The number of benzene rings is 3. The molecule has 0 unspecified atom stereocenters. The van der Waals surface area contributed by atoms with Gasteiger partial charge in [-0.2, -0.15) is 5.26 Å². The van der Waals surface area contributed by atoms with Gasteiger partial charge in [0.05, 0.1) is 17.8 Å². The van der Waals surface area contributed by atoms with Crippen LogP contribution in [0.4, 0.5) is 5.69 Å². The van der Waals surface area contributed by atoms with Crippen LogP contribution in [0.5, 0.6) is 0 Å². The van der Waals surface area contributed by atoms with Crippen LogP contribution in [0.1, 0.15) is 11.1 Å². The van der Waals surface area contributed by atoms with E-state index in [4.69, 9.17) is 11.6 Å². The Morgan fingerprint density at radius 2 is 1.50 bits per heavy atom. The molecule has 0 aliphatic carbocycles. The summed E-state index contributed by atoms with van der Waals surface area (Å²) in [6, 6.07) is 24.0. The molecule has 0 spiro atoms. The first-order valence-electron chi connectivity index (χ1n) is 7.84. The second-order valence-electron chi connectivity index (χ2n) is 5.55. The van der Waals surface area contributed by atoms with Gasteiger partial charge in [0.2, 0.25) is 0 Å². The van der Waals surface area contributed by atoms with Crippen molar-refractivity contribution >= 4 is 27.3 Å². The zero-order valence-corrected chi connectivity index (χ0v) is 15.3. The molecule has 3 rings (SSSR count). The zero-order valence-electron chi connectivity index (χ0n) is 13.7. The maximum absolute atomic E-state index is 13.4. The van der Waals surface area contributed by atoms with Gasteiger partial charge in [-0.3, -0.25) is 4.31 Å². The van der Waals surface area contributed by atoms with Gasteiger partial charge in [-0.1, -0.05) is 60.1 Å². The van der Waals surface area contributed by atoms with Gasteiger partial charge in [0.1, 0.15) is 11.0 Å². The van der Waals surface area contributed by atoms with Crippen LogP contribution in [0.15, 0.2) is 83.8 Å². The van der Waals surface area contributed by atoms with Gasteiger partial charge in [0, 0.05) is 5.02 Å². The zero-order chi connectivity index (χ0) is 18.6. The lowest BCUT2D eigenvalue weighted by Crippen LogP contribution is -2.31. The van der Waals surface area contributed by atoms with Gasteiger partial charge in [-0.15, -0.1) is 0 Å². The van der Waals surface area contributed by atoms with E-state index in [0.29, 0.717) is 16.3 Å². The minimum atomic E-state index is -3.96. The van der Waals surface area contributed by atoms with Crippen molar-refractivity contribution in [2.45, 2.75) is 11.4 Å². The van der Waals surface area contributed by atoms with Gasteiger partial charge < -0.3 is 0 Å². The lowest BCUT2D eigenvalue weighted by Gasteiger charge is -2.25. The van der Waals surface area contributed by atoms with Crippen LogP contribution >= 0.6 is 11.6 Å². The number of nitriles is 1. The van der Waals surface area contributed by atoms with Crippen LogP contribution in [0.3, 0.4) is 0 Å². The summed E-state index contributed by atoms with van der Waals surface area (Å²) >= 11 is 6.24. The Morgan fingerprint density at radius 1 is 0.885 bits per heavy atom. The fourth-order valence-electron chi connectivity index (χ4n) is 2.59. The molecule has 0 atom stereocenters. The molecule has 0 saturated carbocycles. The van der Waals surface area contributed by atoms with Crippen molar-refractivity contribution in [2.75, 3.05) is 4.31 Å². The molecule has 26 heavy (non-hydrogen) atoms. The Balaban J connectivity index is 2.15. The van der Waals surface area contributed by atoms with Crippen LogP contribution < -0.4 is 4.31 Å². The topological polar surface area (TPSA) is 61.2 Å². The largest absolute Gasteiger partial charge is 0.265 e. The summed E-state index contributed by atoms with van der Waals surface area (Å²) in [6.45, 7) is 0.0613. The molecule has 0 aromatic heterocycles. The quantitative estimate of drug-likeness (QED) is 0.647. The molecule has 0 aliphatic heterocycles. The third-order valence-corrected chi connectivity index (χ3v) is 6.09. The van der Waals surface area contributed by atoms with E-state index in [1.54, 1.807) is 60.7 Å². The highest BCUT2D eigenvalue weighted by molar-refractivity contribution is 7.92. The smallest absolute Gasteiger partial charge is 0.262 e. The second-order valence-corrected chi connectivity index (χ2v) is 7.78. The average molecular weight is 383 g/mol. The van der Waals surface area contributed by atoms with Gasteiger partial charge in [0.25, 0.3) is 10.0 Å². The summed E-state index contributed by atoms with van der Waals surface area (Å²) in [5, 5.41) is 9.80. The monoisotopic (exact) mass is 382 g/mol. The normalized spacial score (nSPS) is 10.9. The van der Waals surface area contributed by atoms with E-state index in [-0.39, 0.29) is 17.0 Å². The summed E-state index contributed by atoms with van der Waals surface area (Å²) in [6.07, 6.45) is 0. The Bertz CT molecular complexity index is 1060. The minimum Gasteiger partial charge on any atom is -0.262 e. The molecule has 0 heterocycles. The molecule has 4 nitrogen and oxygen atoms in total. The molecule has 0 fully saturated rings. The molecule has 0 aliphatic rings. The third kappa shape index (κ3) is 3.57. The number of hydrogen-bond acceptors (Lipinski definition) is 3. The van der Waals surface area contributed by atoms with Crippen LogP contribution in [0.25, 0.3) is 0 Å². The molecule has 0 radical (unpaired) electrons. The second kappa shape index (κ2) is 7.61. The highest BCUT2D eigenvalue weighted by Gasteiger charge is 2.28. The van der Waals surface area contributed by atoms with E-state index in [2.05, 4.69) is 0 Å². The molecule has 130 valence electrons. The maximum atomic E-state index is 13.4. The molecule has 0 saturated heterocycles. The van der Waals surface area contributed by atoms with Gasteiger partial charge >= 0.3 is 0 Å². The van der Waals surface area contributed by atoms with E-state index in [1.807, 2.05) is 12.1 Å². The fourth-order valence-corrected chi connectivity index (χ4v) is 4.38. The number of para-hydroxylation sites is 1. The maximum Gasteiger partial charge on any atom is 0.265 e. The number of anilines is 1. The van der Waals surface area contributed by atoms with Crippen LogP contribution in [0.2, 0.25) is 5.02 Å². The summed E-state index contributed by atoms with van der Waals surface area (Å²) in [7, 11) is -3.96. The molecule has 3 aromatic carbocycles. The van der Waals surface area contributed by atoms with Crippen molar-refractivity contribution < 1.29 is 8.42 Å². The van der Waals surface area contributed by atoms with Crippen LogP contribution in [-0.2, 0) is 16.6 Å². The molecule has 6 heteroatoms. The first kappa shape index (κ1) is 18.0. The molecular weight excluding hydrogens is 368 g/mol. The van der Waals surface area contributed by atoms with Crippen molar-refractivity contribution in [2.24, 2.45) is 0 Å². The molecule has 0 amide bonds. The van der Waals surface area contributed by atoms with E-state index >= 15 is 0 Å². The van der Waals surface area contributed by atoms with Crippen LogP contribution in [0, 0.1) is 11.3 Å². The number of halogens is 1. The first-order valence-corrected chi connectivity index (χ1v) is 9.66. The predicted molar refractivity (Wildman–Crippen MR) is 102 cm³/mol. The Hall–Kier alpha value is -2.81. The summed E-state index contributed by atoms with van der Waals surface area (Å²) in [4.78, 5) is -0.0293. The Kier molecular flexibility index (Phi) is 5.27. The molecular formula is C20H15ClN2O2S. The number of hydrogen-bond donors (Lipinski definition) is 0. The molecule has 3 aromatic rings. The Labute approximate surface area is 157 Å². The van der Waals surface area contributed by atoms with Crippen molar-refractivity contribution in [3.8, 4) is 6.07 Å². The lowest BCUT2D eigenvalue weighted by atomic mass is 10.2. The van der Waals surface area contributed by atoms with Gasteiger partial charge in [-0.25, -0.2) is 8.42 Å². The van der Waals surface area contributed by atoms with Crippen LogP contribution in [-0.4, -0.2) is 8.42 Å². The fraction of sp³-hybridized carbons (Fsp3) is 0.0500. The molecule has 0 N–H and O–H groups in total. The van der Waals surface area contributed by atoms with Crippen molar-refractivity contribution in [3.05, 3.63) is 95.0 Å². The summed E-state index contributed by atoms with van der Waals surface area (Å²) < 4.78 is 28.0. The predicted octanol–water partition coefficient (Wildman–Crippen LogP) is 4.61. The van der Waals surface area contributed by atoms with Gasteiger partial charge in [0.15, 0.2) is 0 Å². The van der Waals surface area contributed by atoms with Crippen molar-refractivity contribution in [1.82, 2.24) is 0 Å². The van der Waals surface area contributed by atoms with Crippen molar-refractivity contribution in [1.29, 1.82) is 5.26 Å². The van der Waals surface area contributed by atoms with E-state index in [9.17, 15) is 13.7 Å². The highest BCUT2D eigenvalue weighted by Crippen LogP contribution is 2.29. The Morgan fingerprint density at radius 3 is 2.19 bits per heavy atom. The highest BCUT2D eigenvalue weighted by atomic mass is 35.5. The summed E-state index contributed by atoms with van der Waals surface area (Å²) in [5.74, 6) is 0. The van der Waals surface area contributed by atoms with E-state index in [0.717, 1.165) is 0 Å². The number of nitrogens with zero attached hydrogens (tertiary/aromatic N) is 2.